The molecule has 1 amide bonds. The van der Waals surface area contributed by atoms with E-state index in [1.807, 2.05) is 24.3 Å². The number of sulfonamides is 1. The number of hydrogen-bond donors (Lipinski definition) is 1. The lowest BCUT2D eigenvalue weighted by molar-refractivity contribution is -0.117. The van der Waals surface area contributed by atoms with Gasteiger partial charge in [0.05, 0.1) is 17.2 Å². The normalized spacial score (nSPS) is 22.7. The number of amides is 1. The number of nitrogens with zero attached hydrogens (tertiary/aromatic N) is 1. The highest BCUT2D eigenvalue weighted by Gasteiger charge is 2.36. The first-order chi connectivity index (χ1) is 14.8. The number of fused-ring (bicyclic) bond motifs is 2. The van der Waals surface area contributed by atoms with Crippen LogP contribution in [0.2, 0.25) is 0 Å². The molecule has 1 fully saturated rings. The molecule has 1 N–H and O–H groups in total. The highest BCUT2D eigenvalue weighted by atomic mass is 32.2. The molecule has 6 nitrogen and oxygen atoms in total. The largest absolute Gasteiger partial charge is 0.491 e. The zero-order chi connectivity index (χ0) is 22.0. The molecule has 0 spiro atoms. The highest BCUT2D eigenvalue weighted by molar-refractivity contribution is 7.89. The Balaban J connectivity index is 1.52. The lowest BCUT2D eigenvalue weighted by Gasteiger charge is -2.38. The van der Waals surface area contributed by atoms with Gasteiger partial charge < -0.3 is 10.1 Å². The standard InChI is InChI=1S/C24H30N2O4S/c1-17(2)18-8-9-23-22(14-18)25-24(27)15-19-10-12-26(16-20(19)11-13-30-23)31(28,29)21-6-4-3-5-7-21/h3-9,14,17,19-20H,10-13,15-16H2,1-2H3,(H,25,27)/t19-,20-/m0/s1. The maximum absolute atomic E-state index is 13.1. The molecule has 0 unspecified atom stereocenters. The zero-order valence-electron chi connectivity index (χ0n) is 18.1. The molecule has 0 aliphatic carbocycles. The van der Waals surface area contributed by atoms with E-state index in [0.29, 0.717) is 55.5 Å². The molecule has 2 heterocycles. The third-order valence-electron chi connectivity index (χ3n) is 6.37. The fourth-order valence-electron chi connectivity index (χ4n) is 4.49. The Morgan fingerprint density at radius 3 is 2.58 bits per heavy atom. The van der Waals surface area contributed by atoms with Gasteiger partial charge in [-0.3, -0.25) is 4.79 Å². The first-order valence-corrected chi connectivity index (χ1v) is 12.4. The maximum Gasteiger partial charge on any atom is 0.243 e. The second kappa shape index (κ2) is 9.01. The van der Waals surface area contributed by atoms with Crippen molar-refractivity contribution in [3.63, 3.8) is 0 Å². The van der Waals surface area contributed by atoms with E-state index in [0.717, 1.165) is 11.3 Å². The molecule has 166 valence electrons. The molecule has 0 bridgehead atoms. The van der Waals surface area contributed by atoms with Gasteiger partial charge in [-0.05, 0) is 60.4 Å². The molecule has 2 aromatic rings. The second-order valence-electron chi connectivity index (χ2n) is 8.78. The summed E-state index contributed by atoms with van der Waals surface area (Å²) in [6.45, 7) is 5.57. The number of ether oxygens (including phenoxy) is 1. The van der Waals surface area contributed by atoms with Crippen molar-refractivity contribution in [2.75, 3.05) is 25.0 Å². The predicted molar refractivity (Wildman–Crippen MR) is 121 cm³/mol. The first-order valence-electron chi connectivity index (χ1n) is 11.0. The fraction of sp³-hybridized carbons (Fsp3) is 0.458. The lowest BCUT2D eigenvalue weighted by Crippen LogP contribution is -2.45. The molecule has 2 aliphatic heterocycles. The van der Waals surface area contributed by atoms with Crippen LogP contribution >= 0.6 is 0 Å². The van der Waals surface area contributed by atoms with Gasteiger partial charge in [-0.1, -0.05) is 38.1 Å². The van der Waals surface area contributed by atoms with Gasteiger partial charge >= 0.3 is 0 Å². The van der Waals surface area contributed by atoms with Crippen LogP contribution in [0.3, 0.4) is 0 Å². The summed E-state index contributed by atoms with van der Waals surface area (Å²) in [5.74, 6) is 1.20. The number of anilines is 1. The molecule has 1 saturated heterocycles. The van der Waals surface area contributed by atoms with Gasteiger partial charge in [-0.2, -0.15) is 4.31 Å². The van der Waals surface area contributed by atoms with Crippen LogP contribution in [-0.4, -0.2) is 38.3 Å². The number of piperidine rings is 1. The molecule has 2 aromatic carbocycles. The molecule has 0 saturated carbocycles. The summed E-state index contributed by atoms with van der Waals surface area (Å²) in [7, 11) is -3.53. The highest BCUT2D eigenvalue weighted by Crippen LogP contribution is 2.35. The van der Waals surface area contributed by atoms with Crippen LogP contribution in [0.5, 0.6) is 5.75 Å². The molecule has 2 aliphatic rings. The lowest BCUT2D eigenvalue weighted by atomic mass is 9.82. The quantitative estimate of drug-likeness (QED) is 0.771. The average Bonchev–Trinajstić information content (AvgIpc) is 2.76. The Kier molecular flexibility index (Phi) is 6.34. The van der Waals surface area contributed by atoms with Crippen molar-refractivity contribution in [3.05, 3.63) is 54.1 Å². The number of rotatable bonds is 3. The number of benzene rings is 2. The van der Waals surface area contributed by atoms with Crippen LogP contribution in [0.15, 0.2) is 53.4 Å². The first kappa shape index (κ1) is 21.8. The second-order valence-corrected chi connectivity index (χ2v) is 10.7. The van der Waals surface area contributed by atoms with Crippen molar-refractivity contribution >= 4 is 21.6 Å². The van der Waals surface area contributed by atoms with E-state index in [2.05, 4.69) is 19.2 Å². The summed E-state index contributed by atoms with van der Waals surface area (Å²) in [4.78, 5) is 13.1. The van der Waals surface area contributed by atoms with Crippen LogP contribution in [0.1, 0.15) is 44.6 Å². The topological polar surface area (TPSA) is 75.7 Å². The molecule has 2 atom stereocenters. The molecule has 4 rings (SSSR count). The average molecular weight is 443 g/mol. The number of hydrogen-bond acceptors (Lipinski definition) is 4. The smallest absolute Gasteiger partial charge is 0.243 e. The van der Waals surface area contributed by atoms with Crippen molar-refractivity contribution < 1.29 is 17.9 Å². The van der Waals surface area contributed by atoms with Crippen LogP contribution in [0, 0.1) is 11.8 Å². The van der Waals surface area contributed by atoms with Gasteiger partial charge in [0.2, 0.25) is 15.9 Å². The van der Waals surface area contributed by atoms with E-state index in [4.69, 9.17) is 4.74 Å². The third-order valence-corrected chi connectivity index (χ3v) is 8.25. The molecular weight excluding hydrogens is 412 g/mol. The minimum atomic E-state index is -3.53. The summed E-state index contributed by atoms with van der Waals surface area (Å²) >= 11 is 0. The van der Waals surface area contributed by atoms with E-state index in [-0.39, 0.29) is 17.7 Å². The van der Waals surface area contributed by atoms with E-state index in [1.54, 1.807) is 28.6 Å². The van der Waals surface area contributed by atoms with Gasteiger partial charge in [-0.25, -0.2) is 8.42 Å². The van der Waals surface area contributed by atoms with Crippen LogP contribution in [0.25, 0.3) is 0 Å². The Labute approximate surface area is 184 Å². The van der Waals surface area contributed by atoms with Gasteiger partial charge in [-0.15, -0.1) is 0 Å². The molecule has 7 heteroatoms. The maximum atomic E-state index is 13.1. The number of carbonyl (C=O) groups excluding carboxylic acids is 1. The summed E-state index contributed by atoms with van der Waals surface area (Å²) in [6, 6.07) is 14.5. The summed E-state index contributed by atoms with van der Waals surface area (Å²) < 4.78 is 33.7. The van der Waals surface area contributed by atoms with Crippen molar-refractivity contribution in [1.29, 1.82) is 0 Å². The van der Waals surface area contributed by atoms with Crippen molar-refractivity contribution in [1.82, 2.24) is 4.31 Å². The Bertz CT molecular complexity index is 1040. The number of nitrogens with one attached hydrogen (secondary N) is 1. The minimum Gasteiger partial charge on any atom is -0.491 e. The third kappa shape index (κ3) is 4.77. The van der Waals surface area contributed by atoms with E-state index < -0.39 is 10.0 Å². The number of carbonyl (C=O) groups is 1. The molecule has 0 radical (unpaired) electrons. The van der Waals surface area contributed by atoms with E-state index in [1.165, 1.54) is 0 Å². The van der Waals surface area contributed by atoms with Gasteiger partial charge in [0.25, 0.3) is 0 Å². The summed E-state index contributed by atoms with van der Waals surface area (Å²) in [6.07, 6.45) is 1.78. The minimum absolute atomic E-state index is 0.0398. The van der Waals surface area contributed by atoms with Crippen molar-refractivity contribution in [3.8, 4) is 5.75 Å². The van der Waals surface area contributed by atoms with E-state index in [9.17, 15) is 13.2 Å². The van der Waals surface area contributed by atoms with Gasteiger partial charge in [0, 0.05) is 19.5 Å². The van der Waals surface area contributed by atoms with Gasteiger partial charge in [0.15, 0.2) is 0 Å². The Hall–Kier alpha value is -2.38. The molecule has 0 aromatic heterocycles. The van der Waals surface area contributed by atoms with Gasteiger partial charge in [0.1, 0.15) is 5.75 Å². The predicted octanol–water partition coefficient (Wildman–Crippen LogP) is 4.25. The van der Waals surface area contributed by atoms with Crippen molar-refractivity contribution in [2.45, 2.75) is 43.9 Å². The molecule has 31 heavy (non-hydrogen) atoms. The fourth-order valence-corrected chi connectivity index (χ4v) is 6.03. The van der Waals surface area contributed by atoms with Crippen LogP contribution in [0.4, 0.5) is 5.69 Å². The Morgan fingerprint density at radius 2 is 1.84 bits per heavy atom. The summed E-state index contributed by atoms with van der Waals surface area (Å²) in [5, 5.41) is 3.03. The van der Waals surface area contributed by atoms with E-state index >= 15 is 0 Å². The monoisotopic (exact) mass is 442 g/mol. The SMILES string of the molecule is CC(C)c1ccc2c(c1)NC(=O)C[C@@H]1CCN(S(=O)(=O)c3ccccc3)C[C@@H]1CCO2. The Morgan fingerprint density at radius 1 is 1.06 bits per heavy atom. The van der Waals surface area contributed by atoms with Crippen molar-refractivity contribution in [2.24, 2.45) is 11.8 Å². The summed E-state index contributed by atoms with van der Waals surface area (Å²) in [5.41, 5.74) is 1.87. The molecular formula is C24H30N2O4S. The zero-order valence-corrected chi connectivity index (χ0v) is 18.9. The van der Waals surface area contributed by atoms with Crippen LogP contribution < -0.4 is 10.1 Å². The van der Waals surface area contributed by atoms with Crippen LogP contribution in [-0.2, 0) is 14.8 Å².